The van der Waals surface area contributed by atoms with Gasteiger partial charge < -0.3 is 15.4 Å². The lowest BCUT2D eigenvalue weighted by Crippen LogP contribution is -2.37. The van der Waals surface area contributed by atoms with Crippen LogP contribution in [-0.4, -0.2) is 37.6 Å². The second kappa shape index (κ2) is 9.15. The molecule has 0 atom stereocenters. The minimum atomic E-state index is -0.211. The second-order valence-electron chi connectivity index (χ2n) is 3.79. The number of ether oxygens (including phenoxy) is 1. The lowest BCUT2D eigenvalue weighted by atomic mass is 10.3. The molecule has 16 heavy (non-hydrogen) atoms. The summed E-state index contributed by atoms with van der Waals surface area (Å²) in [4.78, 5) is 22.2. The van der Waals surface area contributed by atoms with Crippen LogP contribution in [0.25, 0.3) is 0 Å². The molecule has 5 nitrogen and oxygen atoms in total. The Morgan fingerprint density at radius 3 is 2.56 bits per heavy atom. The Bertz CT molecular complexity index is 217. The molecule has 0 aliphatic heterocycles. The van der Waals surface area contributed by atoms with Gasteiger partial charge in [0.15, 0.2) is 0 Å². The van der Waals surface area contributed by atoms with Gasteiger partial charge in [0.1, 0.15) is 0 Å². The maximum Gasteiger partial charge on any atom is 0.305 e. The zero-order valence-electron chi connectivity index (χ0n) is 10.3. The molecule has 5 heteroatoms. The van der Waals surface area contributed by atoms with Crippen molar-refractivity contribution in [3.8, 4) is 0 Å². The van der Waals surface area contributed by atoms with Crippen molar-refractivity contribution >= 4 is 11.9 Å². The second-order valence-corrected chi connectivity index (χ2v) is 3.79. The highest BCUT2D eigenvalue weighted by Gasteiger charge is 2.03. The van der Waals surface area contributed by atoms with Crippen LogP contribution < -0.4 is 10.6 Å². The number of nitrogens with one attached hydrogen (secondary N) is 2. The van der Waals surface area contributed by atoms with Crippen molar-refractivity contribution < 1.29 is 14.3 Å². The number of carbonyl (C=O) groups is 2. The predicted molar refractivity (Wildman–Crippen MR) is 62.0 cm³/mol. The van der Waals surface area contributed by atoms with Crippen LogP contribution in [0.5, 0.6) is 0 Å². The molecule has 0 heterocycles. The summed E-state index contributed by atoms with van der Waals surface area (Å²) in [6, 6.07) is 0.297. The monoisotopic (exact) mass is 230 g/mol. The third-order valence-corrected chi connectivity index (χ3v) is 1.86. The Labute approximate surface area is 96.9 Å². The average Bonchev–Trinajstić information content (AvgIpc) is 2.22. The van der Waals surface area contributed by atoms with Crippen molar-refractivity contribution in [3.63, 3.8) is 0 Å². The van der Waals surface area contributed by atoms with Crippen LogP contribution in [0.1, 0.15) is 33.6 Å². The minimum Gasteiger partial charge on any atom is -0.466 e. The summed E-state index contributed by atoms with van der Waals surface area (Å²) >= 11 is 0. The van der Waals surface area contributed by atoms with Crippen LogP contribution in [-0.2, 0) is 14.3 Å². The lowest BCUT2D eigenvalue weighted by molar-refractivity contribution is -0.143. The number of carbonyl (C=O) groups excluding carboxylic acids is 2. The molecule has 0 radical (unpaired) electrons. The molecule has 1 amide bonds. The van der Waals surface area contributed by atoms with Gasteiger partial charge in [0.05, 0.1) is 13.2 Å². The highest BCUT2D eigenvalue weighted by Crippen LogP contribution is 1.91. The minimum absolute atomic E-state index is 0.0439. The molecule has 0 spiro atoms. The summed E-state index contributed by atoms with van der Waals surface area (Å²) in [6.45, 7) is 6.97. The van der Waals surface area contributed by atoms with Crippen molar-refractivity contribution in [2.75, 3.05) is 19.7 Å². The third kappa shape index (κ3) is 9.45. The first kappa shape index (κ1) is 14.9. The van der Waals surface area contributed by atoms with Gasteiger partial charge in [-0.3, -0.25) is 9.59 Å². The van der Waals surface area contributed by atoms with Crippen molar-refractivity contribution in [2.24, 2.45) is 0 Å². The Morgan fingerprint density at radius 2 is 2.00 bits per heavy atom. The Balaban J connectivity index is 3.37. The Morgan fingerprint density at radius 1 is 1.31 bits per heavy atom. The molecule has 0 rings (SSSR count). The maximum absolute atomic E-state index is 11.2. The van der Waals surface area contributed by atoms with E-state index in [9.17, 15) is 9.59 Å². The van der Waals surface area contributed by atoms with Gasteiger partial charge in [-0.1, -0.05) is 13.8 Å². The van der Waals surface area contributed by atoms with Crippen molar-refractivity contribution in [2.45, 2.75) is 39.7 Å². The standard InChI is InChI=1S/C11H22N2O3/c1-4-16-11(15)6-5-7-12-10(14)8-13-9(2)3/h9,13H,4-8H2,1-3H3,(H,12,14). The highest BCUT2D eigenvalue weighted by atomic mass is 16.5. The molecule has 94 valence electrons. The van der Waals surface area contributed by atoms with Gasteiger partial charge in [0.25, 0.3) is 0 Å². The summed E-state index contributed by atoms with van der Waals surface area (Å²) in [6.07, 6.45) is 0.970. The van der Waals surface area contributed by atoms with Gasteiger partial charge in [-0.15, -0.1) is 0 Å². The molecule has 0 aromatic rings. The molecule has 0 unspecified atom stereocenters. The fourth-order valence-corrected chi connectivity index (χ4v) is 1.05. The Kier molecular flexibility index (Phi) is 8.52. The van der Waals surface area contributed by atoms with E-state index in [1.165, 1.54) is 0 Å². The molecule has 0 aromatic carbocycles. The van der Waals surface area contributed by atoms with Crippen LogP contribution in [0.3, 0.4) is 0 Å². The summed E-state index contributed by atoms with van der Waals surface area (Å²) < 4.78 is 4.76. The van der Waals surface area contributed by atoms with Crippen LogP contribution >= 0.6 is 0 Å². The summed E-state index contributed by atoms with van der Waals surface area (Å²) in [5.41, 5.74) is 0. The SMILES string of the molecule is CCOC(=O)CCCNC(=O)CNC(C)C. The summed E-state index contributed by atoms with van der Waals surface area (Å²) in [5, 5.41) is 5.74. The Hall–Kier alpha value is -1.10. The predicted octanol–water partition coefficient (Wildman–Crippen LogP) is 0.444. The van der Waals surface area contributed by atoms with E-state index in [0.29, 0.717) is 38.6 Å². The molecule has 0 saturated carbocycles. The van der Waals surface area contributed by atoms with E-state index in [2.05, 4.69) is 10.6 Å². The van der Waals surface area contributed by atoms with Gasteiger partial charge in [0.2, 0.25) is 5.91 Å². The summed E-state index contributed by atoms with van der Waals surface area (Å²) in [5.74, 6) is -0.255. The van der Waals surface area contributed by atoms with Crippen LogP contribution in [0.15, 0.2) is 0 Å². The van der Waals surface area contributed by atoms with Gasteiger partial charge in [-0.05, 0) is 13.3 Å². The molecule has 0 fully saturated rings. The molecular formula is C11H22N2O3. The van der Waals surface area contributed by atoms with E-state index in [0.717, 1.165) is 0 Å². The van der Waals surface area contributed by atoms with E-state index in [-0.39, 0.29) is 11.9 Å². The van der Waals surface area contributed by atoms with Crippen LogP contribution in [0.4, 0.5) is 0 Å². The molecule has 0 aliphatic rings. The zero-order valence-corrected chi connectivity index (χ0v) is 10.3. The average molecular weight is 230 g/mol. The molecule has 0 aromatic heterocycles. The molecule has 0 bridgehead atoms. The fraction of sp³-hybridized carbons (Fsp3) is 0.818. The van der Waals surface area contributed by atoms with Gasteiger partial charge in [0, 0.05) is 19.0 Å². The largest absolute Gasteiger partial charge is 0.466 e. The first-order valence-corrected chi connectivity index (χ1v) is 5.72. The highest BCUT2D eigenvalue weighted by molar-refractivity contribution is 5.78. The van der Waals surface area contributed by atoms with Crippen molar-refractivity contribution in [3.05, 3.63) is 0 Å². The van der Waals surface area contributed by atoms with Gasteiger partial charge in [-0.25, -0.2) is 0 Å². The van der Waals surface area contributed by atoms with E-state index >= 15 is 0 Å². The van der Waals surface area contributed by atoms with Crippen LogP contribution in [0.2, 0.25) is 0 Å². The van der Waals surface area contributed by atoms with Gasteiger partial charge >= 0.3 is 5.97 Å². The number of rotatable bonds is 8. The molecule has 0 saturated heterocycles. The number of hydrogen-bond acceptors (Lipinski definition) is 4. The smallest absolute Gasteiger partial charge is 0.305 e. The molecule has 2 N–H and O–H groups in total. The molecular weight excluding hydrogens is 208 g/mol. The summed E-state index contributed by atoms with van der Waals surface area (Å²) in [7, 11) is 0. The lowest BCUT2D eigenvalue weighted by Gasteiger charge is -2.08. The maximum atomic E-state index is 11.2. The first-order chi connectivity index (χ1) is 7.56. The third-order valence-electron chi connectivity index (χ3n) is 1.86. The van der Waals surface area contributed by atoms with E-state index in [1.807, 2.05) is 13.8 Å². The number of amides is 1. The van der Waals surface area contributed by atoms with E-state index in [1.54, 1.807) is 6.92 Å². The first-order valence-electron chi connectivity index (χ1n) is 5.72. The topological polar surface area (TPSA) is 67.4 Å². The fourth-order valence-electron chi connectivity index (χ4n) is 1.05. The quantitative estimate of drug-likeness (QED) is 0.469. The van der Waals surface area contributed by atoms with Crippen molar-refractivity contribution in [1.29, 1.82) is 0 Å². The number of esters is 1. The van der Waals surface area contributed by atoms with Gasteiger partial charge in [-0.2, -0.15) is 0 Å². The van der Waals surface area contributed by atoms with Crippen LogP contribution in [0, 0.1) is 0 Å². The molecule has 0 aliphatic carbocycles. The van der Waals surface area contributed by atoms with E-state index < -0.39 is 0 Å². The van der Waals surface area contributed by atoms with E-state index in [4.69, 9.17) is 4.74 Å². The zero-order chi connectivity index (χ0) is 12.4. The normalized spacial score (nSPS) is 10.2. The number of hydrogen-bond donors (Lipinski definition) is 2. The van der Waals surface area contributed by atoms with Crippen molar-refractivity contribution in [1.82, 2.24) is 10.6 Å².